The van der Waals surface area contributed by atoms with E-state index in [1.807, 2.05) is 0 Å². The van der Waals surface area contributed by atoms with E-state index in [9.17, 15) is 4.79 Å². The first-order valence-corrected chi connectivity index (χ1v) is 6.19. The van der Waals surface area contributed by atoms with E-state index in [-0.39, 0.29) is 11.6 Å². The molecule has 0 saturated carbocycles. The van der Waals surface area contributed by atoms with E-state index >= 15 is 0 Å². The lowest BCUT2D eigenvalue weighted by atomic mass is 9.80. The SMILES string of the molecule is O=C1C=C2[C@H]3C=CC[C@]2(O1)[C@H]1CCCCN31. The van der Waals surface area contributed by atoms with E-state index in [0.29, 0.717) is 12.1 Å². The van der Waals surface area contributed by atoms with Gasteiger partial charge in [0.1, 0.15) is 0 Å². The normalized spacial score (nSPS) is 45.0. The van der Waals surface area contributed by atoms with Gasteiger partial charge >= 0.3 is 5.97 Å². The lowest BCUT2D eigenvalue weighted by Gasteiger charge is -2.37. The molecule has 2 fully saturated rings. The molecule has 0 spiro atoms. The molecule has 0 aromatic rings. The summed E-state index contributed by atoms with van der Waals surface area (Å²) >= 11 is 0. The van der Waals surface area contributed by atoms with E-state index in [1.54, 1.807) is 6.08 Å². The Labute approximate surface area is 94.8 Å². The van der Waals surface area contributed by atoms with Gasteiger partial charge in [0.25, 0.3) is 0 Å². The van der Waals surface area contributed by atoms with Crippen LogP contribution in [-0.4, -0.2) is 35.1 Å². The van der Waals surface area contributed by atoms with Crippen LogP contribution >= 0.6 is 0 Å². The van der Waals surface area contributed by atoms with Crippen molar-refractivity contribution in [1.29, 1.82) is 0 Å². The molecule has 2 saturated heterocycles. The van der Waals surface area contributed by atoms with E-state index < -0.39 is 0 Å². The highest BCUT2D eigenvalue weighted by atomic mass is 16.6. The molecule has 3 nitrogen and oxygen atoms in total. The van der Waals surface area contributed by atoms with Crippen LogP contribution in [0.3, 0.4) is 0 Å². The first-order chi connectivity index (χ1) is 7.81. The van der Waals surface area contributed by atoms with Crippen molar-refractivity contribution in [2.75, 3.05) is 6.54 Å². The summed E-state index contributed by atoms with van der Waals surface area (Å²) in [5.41, 5.74) is 0.948. The Balaban J connectivity index is 1.88. The Hall–Kier alpha value is -1.09. The summed E-state index contributed by atoms with van der Waals surface area (Å²) in [6, 6.07) is 0.768. The van der Waals surface area contributed by atoms with Crippen molar-refractivity contribution in [3.8, 4) is 0 Å². The summed E-state index contributed by atoms with van der Waals surface area (Å²) < 4.78 is 5.69. The second-order valence-corrected chi connectivity index (χ2v) is 5.24. The van der Waals surface area contributed by atoms with Crippen LogP contribution < -0.4 is 0 Å². The fourth-order valence-electron chi connectivity index (χ4n) is 3.96. The number of hydrogen-bond donors (Lipinski definition) is 0. The van der Waals surface area contributed by atoms with Crippen LogP contribution in [-0.2, 0) is 9.53 Å². The van der Waals surface area contributed by atoms with Gasteiger partial charge in [0.05, 0.1) is 12.1 Å². The van der Waals surface area contributed by atoms with Crippen molar-refractivity contribution in [1.82, 2.24) is 4.90 Å². The number of esters is 1. The van der Waals surface area contributed by atoms with Gasteiger partial charge in [-0.05, 0) is 19.4 Å². The topological polar surface area (TPSA) is 29.5 Å². The molecule has 4 aliphatic rings. The van der Waals surface area contributed by atoms with Gasteiger partial charge < -0.3 is 4.74 Å². The van der Waals surface area contributed by atoms with Crippen molar-refractivity contribution in [2.45, 2.75) is 43.4 Å². The van der Waals surface area contributed by atoms with Gasteiger partial charge in [-0.15, -0.1) is 0 Å². The van der Waals surface area contributed by atoms with Crippen LogP contribution in [0.1, 0.15) is 25.7 Å². The highest BCUT2D eigenvalue weighted by molar-refractivity contribution is 5.88. The Kier molecular flexibility index (Phi) is 1.56. The zero-order valence-corrected chi connectivity index (χ0v) is 9.19. The minimum absolute atomic E-state index is 0.131. The molecule has 1 aliphatic carbocycles. The minimum Gasteiger partial charge on any atom is -0.449 e. The van der Waals surface area contributed by atoms with Crippen LogP contribution in [0.5, 0.6) is 0 Å². The Morgan fingerprint density at radius 1 is 1.44 bits per heavy atom. The van der Waals surface area contributed by atoms with Crippen molar-refractivity contribution in [3.63, 3.8) is 0 Å². The molecule has 0 unspecified atom stereocenters. The fourth-order valence-corrected chi connectivity index (χ4v) is 3.96. The summed E-state index contributed by atoms with van der Waals surface area (Å²) in [4.78, 5) is 14.1. The molecular formula is C13H15NO2. The maximum atomic E-state index is 11.5. The van der Waals surface area contributed by atoms with Gasteiger partial charge in [0.15, 0.2) is 5.60 Å². The quantitative estimate of drug-likeness (QED) is 0.454. The van der Waals surface area contributed by atoms with Crippen molar-refractivity contribution in [2.24, 2.45) is 0 Å². The number of ether oxygens (including phenoxy) is 1. The number of nitrogens with zero attached hydrogens (tertiary/aromatic N) is 1. The maximum Gasteiger partial charge on any atom is 0.331 e. The van der Waals surface area contributed by atoms with Crippen LogP contribution in [0.25, 0.3) is 0 Å². The van der Waals surface area contributed by atoms with Gasteiger partial charge in [0, 0.05) is 18.1 Å². The number of hydrogen-bond acceptors (Lipinski definition) is 3. The minimum atomic E-state index is -0.281. The molecule has 84 valence electrons. The van der Waals surface area contributed by atoms with E-state index in [1.165, 1.54) is 24.8 Å². The van der Waals surface area contributed by atoms with E-state index in [0.717, 1.165) is 13.0 Å². The summed E-state index contributed by atoms with van der Waals surface area (Å²) in [6.45, 7) is 1.15. The molecule has 3 aliphatic heterocycles. The number of piperidine rings is 1. The molecule has 0 N–H and O–H groups in total. The molecule has 3 atom stereocenters. The predicted octanol–water partition coefficient (Wildman–Crippen LogP) is 1.41. The molecule has 0 amide bonds. The number of carbonyl (C=O) groups is 1. The molecule has 0 radical (unpaired) electrons. The first-order valence-electron chi connectivity index (χ1n) is 6.19. The summed E-state index contributed by atoms with van der Waals surface area (Å²) in [7, 11) is 0. The summed E-state index contributed by atoms with van der Waals surface area (Å²) in [5, 5.41) is 0. The molecule has 3 heteroatoms. The van der Waals surface area contributed by atoms with Gasteiger partial charge in [-0.3, -0.25) is 4.90 Å². The third-order valence-corrected chi connectivity index (χ3v) is 4.54. The molecule has 3 heterocycles. The van der Waals surface area contributed by atoms with Crippen LogP contribution in [0.4, 0.5) is 0 Å². The molecule has 4 rings (SSSR count). The lowest BCUT2D eigenvalue weighted by Crippen LogP contribution is -2.48. The number of fused-ring (bicyclic) bond motifs is 2. The molecular weight excluding hydrogens is 202 g/mol. The Morgan fingerprint density at radius 2 is 2.38 bits per heavy atom. The summed E-state index contributed by atoms with van der Waals surface area (Å²) in [6.07, 6.45) is 10.8. The third kappa shape index (κ3) is 0.869. The first kappa shape index (κ1) is 8.99. The van der Waals surface area contributed by atoms with Crippen LogP contribution in [0.2, 0.25) is 0 Å². The average Bonchev–Trinajstić information content (AvgIpc) is 2.69. The smallest absolute Gasteiger partial charge is 0.331 e. The predicted molar refractivity (Wildman–Crippen MR) is 58.8 cm³/mol. The van der Waals surface area contributed by atoms with Crippen molar-refractivity contribution >= 4 is 5.97 Å². The molecule has 0 aromatic heterocycles. The molecule has 2 bridgehead atoms. The van der Waals surface area contributed by atoms with Gasteiger partial charge in [-0.25, -0.2) is 4.79 Å². The van der Waals surface area contributed by atoms with Gasteiger partial charge in [-0.2, -0.15) is 0 Å². The zero-order chi connectivity index (χ0) is 10.8. The van der Waals surface area contributed by atoms with Crippen LogP contribution in [0.15, 0.2) is 23.8 Å². The van der Waals surface area contributed by atoms with E-state index in [4.69, 9.17) is 4.74 Å². The summed E-state index contributed by atoms with van der Waals surface area (Å²) in [5.74, 6) is -0.131. The maximum absolute atomic E-state index is 11.5. The van der Waals surface area contributed by atoms with Gasteiger partial charge in [-0.1, -0.05) is 18.6 Å². The largest absolute Gasteiger partial charge is 0.449 e. The average molecular weight is 217 g/mol. The lowest BCUT2D eigenvalue weighted by molar-refractivity contribution is -0.149. The number of rotatable bonds is 0. The van der Waals surface area contributed by atoms with Crippen molar-refractivity contribution < 1.29 is 9.53 Å². The monoisotopic (exact) mass is 217 g/mol. The molecule has 0 aromatic carbocycles. The second kappa shape index (κ2) is 2.77. The zero-order valence-electron chi connectivity index (χ0n) is 9.19. The Morgan fingerprint density at radius 3 is 3.31 bits per heavy atom. The fraction of sp³-hybridized carbons (Fsp3) is 0.615. The van der Waals surface area contributed by atoms with Crippen LogP contribution in [0, 0.1) is 0 Å². The molecule has 16 heavy (non-hydrogen) atoms. The van der Waals surface area contributed by atoms with Gasteiger partial charge in [0.2, 0.25) is 0 Å². The number of carbonyl (C=O) groups excluding carboxylic acids is 1. The second-order valence-electron chi connectivity index (χ2n) is 5.24. The highest BCUT2D eigenvalue weighted by Gasteiger charge is 2.61. The standard InChI is InChI=1S/C13H15NO2/c15-12-8-9-10-4-3-6-13(9,16-12)11-5-1-2-7-14(10)11/h3-4,8,10-11H,1-2,5-7H2/t10-,11-,13-/m1/s1. The third-order valence-electron chi connectivity index (χ3n) is 4.54. The Bertz CT molecular complexity index is 426. The van der Waals surface area contributed by atoms with E-state index in [2.05, 4.69) is 17.1 Å². The highest BCUT2D eigenvalue weighted by Crippen LogP contribution is 2.52. The van der Waals surface area contributed by atoms with Crippen molar-refractivity contribution in [3.05, 3.63) is 23.8 Å².